The van der Waals surface area contributed by atoms with Gasteiger partial charge in [-0.2, -0.15) is 0 Å². The van der Waals surface area contributed by atoms with E-state index in [1.54, 1.807) is 0 Å². The number of carboxylic acid groups (broad SMARTS) is 1. The summed E-state index contributed by atoms with van der Waals surface area (Å²) in [5, 5.41) is 32.4. The van der Waals surface area contributed by atoms with Crippen molar-refractivity contribution in [3.05, 3.63) is 11.1 Å². The van der Waals surface area contributed by atoms with E-state index in [9.17, 15) is 34.5 Å². The van der Waals surface area contributed by atoms with Gasteiger partial charge in [-0.25, -0.2) is 0 Å². The van der Waals surface area contributed by atoms with E-state index < -0.39 is 45.8 Å². The zero-order valence-electron chi connectivity index (χ0n) is 23.4. The summed E-state index contributed by atoms with van der Waals surface area (Å²) in [6, 6.07) is 0. The number of aliphatic carboxylic acids is 1. The summed E-state index contributed by atoms with van der Waals surface area (Å²) in [5.41, 5.74) is -1.40. The zero-order valence-corrected chi connectivity index (χ0v) is 23.4. The molecule has 0 bridgehead atoms. The van der Waals surface area contributed by atoms with Crippen LogP contribution in [0.25, 0.3) is 0 Å². The van der Waals surface area contributed by atoms with Crippen molar-refractivity contribution < 1.29 is 34.5 Å². The number of Topliss-reactive ketones (excluding diaryl/α,β-unsaturated/α-hetero) is 3. The number of rotatable bonds is 6. The fourth-order valence-corrected chi connectivity index (χ4v) is 9.20. The van der Waals surface area contributed by atoms with Crippen LogP contribution in [-0.2, 0) is 19.2 Å². The van der Waals surface area contributed by atoms with E-state index in [1.165, 1.54) is 6.92 Å². The molecule has 4 rings (SSSR count). The molecular formula is C30H44O7. The van der Waals surface area contributed by atoms with Crippen molar-refractivity contribution in [2.45, 2.75) is 106 Å². The van der Waals surface area contributed by atoms with E-state index in [4.69, 9.17) is 0 Å². The molecule has 0 aromatic heterocycles. The van der Waals surface area contributed by atoms with E-state index in [2.05, 4.69) is 6.92 Å². The number of hydrogen-bond donors (Lipinski definition) is 3. The minimum absolute atomic E-state index is 0.0106. The van der Waals surface area contributed by atoms with Crippen LogP contribution < -0.4 is 0 Å². The van der Waals surface area contributed by atoms with E-state index in [-0.39, 0.29) is 54.4 Å². The number of carbonyl (C=O) groups is 4. The monoisotopic (exact) mass is 516 g/mol. The first kappa shape index (κ1) is 28.2. The lowest BCUT2D eigenvalue weighted by Gasteiger charge is -2.61. The maximum Gasteiger partial charge on any atom is 0.306 e. The molecule has 9 atom stereocenters. The van der Waals surface area contributed by atoms with E-state index in [1.807, 2.05) is 34.6 Å². The molecule has 0 spiro atoms. The molecular weight excluding hydrogens is 472 g/mol. The van der Waals surface area contributed by atoms with Gasteiger partial charge in [-0.15, -0.1) is 0 Å². The first-order valence-corrected chi connectivity index (χ1v) is 13.8. The third-order valence-corrected chi connectivity index (χ3v) is 11.6. The topological polar surface area (TPSA) is 129 Å². The molecule has 1 unspecified atom stereocenters. The Hall–Kier alpha value is -1.86. The number of carbonyl (C=O) groups excluding carboxylic acids is 3. The third kappa shape index (κ3) is 3.82. The van der Waals surface area contributed by atoms with Crippen LogP contribution >= 0.6 is 0 Å². The number of allylic oxidation sites excluding steroid dienone is 1. The number of carboxylic acids is 1. The largest absolute Gasteiger partial charge is 0.481 e. The second kappa shape index (κ2) is 8.84. The highest BCUT2D eigenvalue weighted by Gasteiger charge is 2.70. The zero-order chi connectivity index (χ0) is 27.9. The lowest BCUT2D eigenvalue weighted by molar-refractivity contribution is -0.146. The minimum Gasteiger partial charge on any atom is -0.481 e. The first-order valence-electron chi connectivity index (χ1n) is 13.8. The Kier molecular flexibility index (Phi) is 6.72. The Balaban J connectivity index is 1.74. The van der Waals surface area contributed by atoms with Crippen LogP contribution in [0.5, 0.6) is 0 Å². The number of fused-ring (bicyclic) bond motifs is 4. The van der Waals surface area contributed by atoms with Crippen LogP contribution in [-0.4, -0.2) is 50.8 Å². The molecule has 37 heavy (non-hydrogen) atoms. The van der Waals surface area contributed by atoms with Crippen molar-refractivity contribution in [3.8, 4) is 0 Å². The average molecular weight is 517 g/mol. The van der Waals surface area contributed by atoms with E-state index >= 15 is 0 Å². The molecule has 7 heteroatoms. The van der Waals surface area contributed by atoms with Gasteiger partial charge >= 0.3 is 5.97 Å². The second-order valence-corrected chi connectivity index (χ2v) is 13.9. The minimum atomic E-state index is -1.00. The van der Waals surface area contributed by atoms with E-state index in [0.717, 1.165) is 0 Å². The highest BCUT2D eigenvalue weighted by molar-refractivity contribution is 6.01. The van der Waals surface area contributed by atoms with Crippen LogP contribution in [0.2, 0.25) is 0 Å². The summed E-state index contributed by atoms with van der Waals surface area (Å²) in [4.78, 5) is 50.8. The van der Waals surface area contributed by atoms with Gasteiger partial charge in [-0.1, -0.05) is 48.5 Å². The smallest absolute Gasteiger partial charge is 0.306 e. The average Bonchev–Trinajstić information content (AvgIpc) is 2.99. The molecule has 0 saturated heterocycles. The standard InChI is InChI=1S/C30H44O7/c1-15(10-17(31)11-16(2)26(36)37)18-12-23(35)30(7)25-19(32)13-21-27(3,4)22(34)8-9-28(21,5)24(25)20(33)14-29(18,30)6/h15-16,18-19,21,23,32,35H,8-14H2,1-7H3,(H,36,37)/t15-,16-,18?,19+,21+,23+,28+,29-,30+/m1/s1. The van der Waals surface area contributed by atoms with Gasteiger partial charge in [0.05, 0.1) is 18.1 Å². The highest BCUT2D eigenvalue weighted by Crippen LogP contribution is 2.71. The summed E-state index contributed by atoms with van der Waals surface area (Å²) in [7, 11) is 0. The van der Waals surface area contributed by atoms with Crippen LogP contribution in [0.15, 0.2) is 11.1 Å². The summed E-state index contributed by atoms with van der Waals surface area (Å²) < 4.78 is 0. The summed E-state index contributed by atoms with van der Waals surface area (Å²) >= 11 is 0. The molecule has 2 fully saturated rings. The van der Waals surface area contributed by atoms with Gasteiger partial charge in [-0.3, -0.25) is 19.2 Å². The predicted molar refractivity (Wildman–Crippen MR) is 137 cm³/mol. The molecule has 0 aromatic carbocycles. The van der Waals surface area contributed by atoms with Crippen molar-refractivity contribution >= 4 is 23.3 Å². The molecule has 2 saturated carbocycles. The number of hydrogen-bond acceptors (Lipinski definition) is 6. The normalized spacial score (nSPS) is 42.5. The Labute approximate surface area is 220 Å². The number of aliphatic hydroxyl groups is 2. The molecule has 0 aromatic rings. The van der Waals surface area contributed by atoms with Gasteiger partial charge in [0.15, 0.2) is 5.78 Å². The summed E-state index contributed by atoms with van der Waals surface area (Å²) in [6.45, 7) is 13.4. The molecule has 206 valence electrons. The summed E-state index contributed by atoms with van der Waals surface area (Å²) in [5.74, 6) is -2.17. The Morgan fingerprint density at radius 3 is 2.22 bits per heavy atom. The fraction of sp³-hybridized carbons (Fsp3) is 0.800. The molecule has 0 radical (unpaired) electrons. The number of ketones is 3. The first-order chi connectivity index (χ1) is 16.9. The lowest BCUT2D eigenvalue weighted by Crippen LogP contribution is -2.60. The van der Waals surface area contributed by atoms with E-state index in [0.29, 0.717) is 36.8 Å². The number of aliphatic hydroxyl groups excluding tert-OH is 2. The maximum atomic E-state index is 14.1. The van der Waals surface area contributed by atoms with Crippen LogP contribution in [0, 0.1) is 45.3 Å². The Morgan fingerprint density at radius 2 is 1.62 bits per heavy atom. The molecule has 4 aliphatic carbocycles. The predicted octanol–water partition coefficient (Wildman–Crippen LogP) is 4.13. The van der Waals surface area contributed by atoms with Gasteiger partial charge in [-0.05, 0) is 48.0 Å². The van der Waals surface area contributed by atoms with Gasteiger partial charge < -0.3 is 15.3 Å². The molecule has 0 aliphatic heterocycles. The maximum absolute atomic E-state index is 14.1. The van der Waals surface area contributed by atoms with Crippen molar-refractivity contribution in [2.24, 2.45) is 45.3 Å². The summed E-state index contributed by atoms with van der Waals surface area (Å²) in [6.07, 6.45) is 0.421. The van der Waals surface area contributed by atoms with Crippen LogP contribution in [0.3, 0.4) is 0 Å². The molecule has 7 nitrogen and oxygen atoms in total. The van der Waals surface area contributed by atoms with Crippen LogP contribution in [0.4, 0.5) is 0 Å². The van der Waals surface area contributed by atoms with Crippen molar-refractivity contribution in [3.63, 3.8) is 0 Å². The van der Waals surface area contributed by atoms with Crippen molar-refractivity contribution in [2.75, 3.05) is 0 Å². The van der Waals surface area contributed by atoms with Crippen molar-refractivity contribution in [1.82, 2.24) is 0 Å². The highest BCUT2D eigenvalue weighted by atomic mass is 16.4. The van der Waals surface area contributed by atoms with Gasteiger partial charge in [0, 0.05) is 47.5 Å². The third-order valence-electron chi connectivity index (χ3n) is 11.6. The lowest BCUT2D eigenvalue weighted by atomic mass is 9.42. The fourth-order valence-electron chi connectivity index (χ4n) is 9.20. The molecule has 0 amide bonds. The van der Waals surface area contributed by atoms with Gasteiger partial charge in [0.2, 0.25) is 0 Å². The molecule has 3 N–H and O–H groups in total. The Morgan fingerprint density at radius 1 is 1.00 bits per heavy atom. The SMILES string of the molecule is C[C@H](CC(=O)C[C@@H](C)C1C[C@H](O)[C@@]2(C)C3=C(C(=O)C[C@]12C)[C@@]1(C)CCC(=O)C(C)(C)[C@@H]1C[C@@H]3O)C(=O)O. The molecule has 0 heterocycles. The quantitative estimate of drug-likeness (QED) is 0.484. The molecule has 4 aliphatic rings. The van der Waals surface area contributed by atoms with Gasteiger partial charge in [0.1, 0.15) is 11.6 Å². The van der Waals surface area contributed by atoms with Crippen molar-refractivity contribution in [1.29, 1.82) is 0 Å². The Bertz CT molecular complexity index is 1070. The van der Waals surface area contributed by atoms with Gasteiger partial charge in [0.25, 0.3) is 0 Å². The van der Waals surface area contributed by atoms with Crippen LogP contribution in [0.1, 0.15) is 93.4 Å². The second-order valence-electron chi connectivity index (χ2n) is 13.9.